The van der Waals surface area contributed by atoms with Crippen LogP contribution < -0.4 is 5.32 Å². The number of piperidine rings is 1. The smallest absolute Gasteiger partial charge is 0.367 e. The van der Waals surface area contributed by atoms with E-state index >= 15 is 0 Å². The second-order valence-electron chi connectivity index (χ2n) is 13.2. The number of thiophene rings is 1. The van der Waals surface area contributed by atoms with E-state index in [0.717, 1.165) is 93.7 Å². The van der Waals surface area contributed by atoms with Crippen molar-refractivity contribution < 1.29 is 17.4 Å². The fraction of sp³-hybridized carbons (Fsp3) is 0.500. The third-order valence-corrected chi connectivity index (χ3v) is 12.5. The number of aryl methyl sites for hydroxylation is 1. The Kier molecular flexibility index (Phi) is 9.34. The van der Waals surface area contributed by atoms with Crippen molar-refractivity contribution in [1.29, 1.82) is 5.26 Å². The van der Waals surface area contributed by atoms with Gasteiger partial charge in [-0.15, -0.1) is 11.3 Å². The molecule has 2 bridgehead atoms. The van der Waals surface area contributed by atoms with Gasteiger partial charge in [-0.25, -0.2) is 18.5 Å². The number of benzene rings is 1. The van der Waals surface area contributed by atoms with E-state index in [9.17, 15) is 22.6 Å². The zero-order valence-corrected chi connectivity index (χ0v) is 28.5. The first-order chi connectivity index (χ1) is 23.1. The first-order valence-electron chi connectivity index (χ1n) is 16.4. The van der Waals surface area contributed by atoms with E-state index in [1.54, 1.807) is 6.07 Å². The van der Waals surface area contributed by atoms with Crippen molar-refractivity contribution in [2.75, 3.05) is 38.0 Å². The van der Waals surface area contributed by atoms with Crippen LogP contribution in [-0.4, -0.2) is 89.9 Å². The van der Waals surface area contributed by atoms with Gasteiger partial charge >= 0.3 is 6.18 Å². The van der Waals surface area contributed by atoms with Crippen LogP contribution >= 0.6 is 11.3 Å². The van der Waals surface area contributed by atoms with Gasteiger partial charge in [0.05, 0.1) is 11.8 Å². The monoisotopic (exact) mass is 696 g/mol. The number of rotatable bonds is 10. The Morgan fingerprint density at radius 1 is 1.08 bits per heavy atom. The number of likely N-dealkylation sites (tertiary alicyclic amines) is 2. The molecule has 14 heteroatoms. The zero-order valence-electron chi connectivity index (χ0n) is 26.9. The lowest BCUT2D eigenvalue weighted by Gasteiger charge is -2.39. The van der Waals surface area contributed by atoms with Crippen LogP contribution in [0.1, 0.15) is 47.4 Å². The lowest BCUT2D eigenvalue weighted by molar-refractivity contribution is -0.126. The number of piperazine rings is 1. The summed E-state index contributed by atoms with van der Waals surface area (Å²) in [5, 5.41) is 16.8. The van der Waals surface area contributed by atoms with Crippen LogP contribution in [0, 0.1) is 18.3 Å². The molecular formula is C34H39F3N8OS2. The number of nitriles is 1. The van der Waals surface area contributed by atoms with Crippen LogP contribution in [0.25, 0.3) is 21.1 Å². The molecule has 4 aromatic rings. The number of hydrogen-bond acceptors (Lipinski definition) is 8. The number of alkyl halides is 3. The first-order valence-corrected chi connectivity index (χ1v) is 18.4. The highest BCUT2D eigenvalue weighted by atomic mass is 32.2. The molecule has 0 saturated carbocycles. The minimum Gasteiger partial charge on any atom is -0.367 e. The molecule has 0 spiro atoms. The lowest BCUT2D eigenvalue weighted by Crippen LogP contribution is -2.54. The van der Waals surface area contributed by atoms with Crippen LogP contribution in [-0.2, 0) is 30.5 Å². The van der Waals surface area contributed by atoms with E-state index in [-0.39, 0.29) is 23.0 Å². The molecule has 7 rings (SSSR count). The highest BCUT2D eigenvalue weighted by molar-refractivity contribution is 7.85. The molecule has 1 N–H and O–H groups in total. The summed E-state index contributed by atoms with van der Waals surface area (Å²) in [4.78, 5) is 14.2. The molecule has 0 aliphatic carbocycles. The number of nitrogens with zero attached hydrogens (tertiary/aromatic N) is 7. The van der Waals surface area contributed by atoms with Crippen LogP contribution in [0.2, 0.25) is 0 Å². The van der Waals surface area contributed by atoms with Crippen LogP contribution in [0.15, 0.2) is 42.6 Å². The van der Waals surface area contributed by atoms with Gasteiger partial charge in [0.25, 0.3) is 0 Å². The highest BCUT2D eigenvalue weighted by Gasteiger charge is 2.42. The summed E-state index contributed by atoms with van der Waals surface area (Å²) in [5.74, 6) is 0.598. The predicted molar refractivity (Wildman–Crippen MR) is 184 cm³/mol. The van der Waals surface area contributed by atoms with Crippen molar-refractivity contribution in [3.05, 3.63) is 64.3 Å². The maximum atomic E-state index is 13.0. The third-order valence-electron chi connectivity index (χ3n) is 10.1. The quantitative estimate of drug-likeness (QED) is 0.219. The molecule has 3 aliphatic rings. The highest BCUT2D eigenvalue weighted by Crippen LogP contribution is 2.34. The van der Waals surface area contributed by atoms with Crippen molar-refractivity contribution >= 4 is 49.3 Å². The summed E-state index contributed by atoms with van der Waals surface area (Å²) in [5.41, 5.74) is 4.18. The first kappa shape index (κ1) is 33.2. The Balaban J connectivity index is 0.973. The van der Waals surface area contributed by atoms with E-state index in [1.807, 2.05) is 6.07 Å². The molecular weight excluding hydrogens is 658 g/mol. The molecule has 3 saturated heterocycles. The number of fused-ring (bicyclic) bond motifs is 4. The number of aromatic nitrogens is 3. The van der Waals surface area contributed by atoms with Crippen molar-refractivity contribution in [2.45, 2.75) is 76.4 Å². The molecule has 254 valence electrons. The van der Waals surface area contributed by atoms with Gasteiger partial charge in [0.15, 0.2) is 0 Å². The molecule has 3 unspecified atom stereocenters. The van der Waals surface area contributed by atoms with Crippen molar-refractivity contribution in [2.24, 2.45) is 0 Å². The van der Waals surface area contributed by atoms with Gasteiger partial charge in [-0.2, -0.15) is 18.4 Å². The van der Waals surface area contributed by atoms with Crippen LogP contribution in [0.5, 0.6) is 0 Å². The zero-order chi connectivity index (χ0) is 33.6. The van der Waals surface area contributed by atoms with Crippen molar-refractivity contribution in [1.82, 2.24) is 28.6 Å². The number of halogens is 3. The maximum Gasteiger partial charge on any atom is 0.393 e. The molecule has 0 radical (unpaired) electrons. The molecule has 1 aromatic carbocycles. The summed E-state index contributed by atoms with van der Waals surface area (Å²) < 4.78 is 55.6. The van der Waals surface area contributed by atoms with Gasteiger partial charge < -0.3 is 9.88 Å². The number of nitrogens with one attached hydrogen (secondary N) is 1. The molecule has 48 heavy (non-hydrogen) atoms. The normalized spacial score (nSPS) is 22.0. The van der Waals surface area contributed by atoms with Gasteiger partial charge in [0.1, 0.15) is 39.7 Å². The average molecular weight is 697 g/mol. The Labute approximate surface area is 284 Å². The summed E-state index contributed by atoms with van der Waals surface area (Å²) >= 11 is 1.07. The molecule has 3 fully saturated rings. The predicted octanol–water partition coefficient (Wildman–Crippen LogP) is 5.96. The van der Waals surface area contributed by atoms with Gasteiger partial charge in [-0.05, 0) is 61.9 Å². The average Bonchev–Trinajstić information content (AvgIpc) is 3.72. The van der Waals surface area contributed by atoms with E-state index in [0.29, 0.717) is 21.7 Å². The van der Waals surface area contributed by atoms with Gasteiger partial charge in [-0.3, -0.25) is 9.80 Å². The van der Waals surface area contributed by atoms with Crippen molar-refractivity contribution in [3.8, 4) is 6.07 Å². The van der Waals surface area contributed by atoms with Crippen LogP contribution in [0.3, 0.4) is 0 Å². The fourth-order valence-electron chi connectivity index (χ4n) is 7.76. The SMILES string of the molecule is C=CS(=O)N1C2CCC1CN(CCn1c(C#N)cc3c(C)c(CN4CCC(Nc5ncnc6sc(CC(F)(F)F)cc56)CC4)ccc31)C2. The number of anilines is 1. The van der Waals surface area contributed by atoms with E-state index in [2.05, 4.69) is 65.7 Å². The minimum atomic E-state index is -4.26. The van der Waals surface area contributed by atoms with Crippen LogP contribution in [0.4, 0.5) is 19.0 Å². The standard InChI is InChI=1S/C34H39F3N8OS2/c1-3-48(46)45-25-5-6-26(45)20-43(19-25)12-13-44-27(17-38)14-29-22(2)23(4-7-31(29)44)18-42-10-8-24(9-11-42)41-32-30-15-28(16-34(35,36)37)47-33(30)40-21-39-32/h3-4,7,14-15,21,24-26H,1,5-6,8-13,16,18-20H2,2H3,(H,39,40,41). The van der Waals surface area contributed by atoms with E-state index < -0.39 is 23.6 Å². The molecule has 6 heterocycles. The summed E-state index contributed by atoms with van der Waals surface area (Å²) in [7, 11) is -1.13. The van der Waals surface area contributed by atoms with Gasteiger partial charge in [-0.1, -0.05) is 12.6 Å². The second-order valence-corrected chi connectivity index (χ2v) is 15.6. The van der Waals surface area contributed by atoms with E-state index in [1.165, 1.54) is 22.9 Å². The summed E-state index contributed by atoms with van der Waals surface area (Å²) in [6.45, 7) is 11.8. The maximum absolute atomic E-state index is 13.0. The summed E-state index contributed by atoms with van der Waals surface area (Å²) in [6, 6.07) is 11.1. The Morgan fingerprint density at radius 2 is 1.83 bits per heavy atom. The third kappa shape index (κ3) is 6.76. The van der Waals surface area contributed by atoms with Gasteiger partial charge in [0, 0.05) is 85.1 Å². The minimum absolute atomic E-state index is 0.170. The molecule has 3 aromatic heterocycles. The van der Waals surface area contributed by atoms with Gasteiger partial charge in [0.2, 0.25) is 0 Å². The lowest BCUT2D eigenvalue weighted by atomic mass is 10.0. The Morgan fingerprint density at radius 3 is 2.52 bits per heavy atom. The second kappa shape index (κ2) is 13.5. The molecule has 3 atom stereocenters. The number of hydrogen-bond donors (Lipinski definition) is 1. The fourth-order valence-corrected chi connectivity index (χ4v) is 9.89. The molecule has 0 amide bonds. The largest absolute Gasteiger partial charge is 0.393 e. The van der Waals surface area contributed by atoms with E-state index in [4.69, 9.17) is 0 Å². The Bertz CT molecular complexity index is 1880. The Hall–Kier alpha value is -3.35. The topological polar surface area (TPSA) is 93.3 Å². The molecule has 3 aliphatic heterocycles. The van der Waals surface area contributed by atoms with Crippen molar-refractivity contribution in [3.63, 3.8) is 0 Å². The molecule has 9 nitrogen and oxygen atoms in total. The summed E-state index contributed by atoms with van der Waals surface area (Å²) in [6.07, 6.45) is 0.0924.